The van der Waals surface area contributed by atoms with E-state index in [2.05, 4.69) is 10.3 Å². The average Bonchev–Trinajstić information content (AvgIpc) is 3.21. The van der Waals surface area contributed by atoms with Gasteiger partial charge in [0.25, 0.3) is 0 Å². The zero-order valence-corrected chi connectivity index (χ0v) is 15.3. The van der Waals surface area contributed by atoms with Gasteiger partial charge in [0.2, 0.25) is 5.75 Å². The van der Waals surface area contributed by atoms with E-state index in [4.69, 9.17) is 23.5 Å². The Morgan fingerprint density at radius 2 is 1.52 bits per heavy atom. The molecule has 0 atom stereocenters. The van der Waals surface area contributed by atoms with Crippen molar-refractivity contribution in [2.24, 2.45) is 5.18 Å². The van der Waals surface area contributed by atoms with Crippen LogP contribution in [0.4, 0.5) is 5.69 Å². The maximum Gasteiger partial charge on any atom is 0.203 e. The lowest BCUT2D eigenvalue weighted by molar-refractivity contribution is 0.324. The highest BCUT2D eigenvalue weighted by molar-refractivity contribution is 5.83. The lowest BCUT2D eigenvalue weighted by Gasteiger charge is -2.13. The smallest absolute Gasteiger partial charge is 0.203 e. The van der Waals surface area contributed by atoms with Gasteiger partial charge in [0.15, 0.2) is 17.3 Å². The summed E-state index contributed by atoms with van der Waals surface area (Å²) in [7, 11) is 6.08. The summed E-state index contributed by atoms with van der Waals surface area (Å²) < 4.78 is 26.7. The summed E-state index contributed by atoms with van der Waals surface area (Å²) in [6.45, 7) is 0. The minimum atomic E-state index is 0.187. The standard InChI is InChI=1S/C19H18N2O6/c1-23-15-6-5-11(7-14(15)21-22)13-10-20-27-18(13)12-8-16(24-2)19(26-4)17(9-12)25-3/h5-10H,1-4H3. The van der Waals surface area contributed by atoms with E-state index in [1.54, 1.807) is 36.5 Å². The van der Waals surface area contributed by atoms with Crippen LogP contribution in [0, 0.1) is 4.91 Å². The zero-order valence-electron chi connectivity index (χ0n) is 15.3. The molecule has 0 radical (unpaired) electrons. The van der Waals surface area contributed by atoms with E-state index in [-0.39, 0.29) is 5.69 Å². The van der Waals surface area contributed by atoms with E-state index in [9.17, 15) is 4.91 Å². The highest BCUT2D eigenvalue weighted by atomic mass is 16.5. The third kappa shape index (κ3) is 3.29. The molecule has 0 bridgehead atoms. The Balaban J connectivity index is 2.14. The van der Waals surface area contributed by atoms with Gasteiger partial charge in [-0.15, -0.1) is 4.91 Å². The van der Waals surface area contributed by atoms with Crippen molar-refractivity contribution in [1.82, 2.24) is 5.16 Å². The average molecular weight is 370 g/mol. The summed E-state index contributed by atoms with van der Waals surface area (Å²) in [6.07, 6.45) is 1.56. The largest absolute Gasteiger partial charge is 0.494 e. The first kappa shape index (κ1) is 18.2. The van der Waals surface area contributed by atoms with Gasteiger partial charge in [-0.05, 0) is 35.0 Å². The van der Waals surface area contributed by atoms with Crippen LogP contribution in [-0.4, -0.2) is 33.6 Å². The molecule has 0 spiro atoms. The molecule has 0 unspecified atom stereocenters. The molecular weight excluding hydrogens is 352 g/mol. The van der Waals surface area contributed by atoms with E-state index >= 15 is 0 Å². The summed E-state index contributed by atoms with van der Waals surface area (Å²) in [5.74, 6) is 2.32. The predicted molar refractivity (Wildman–Crippen MR) is 99.0 cm³/mol. The molecule has 0 N–H and O–H groups in total. The van der Waals surface area contributed by atoms with Gasteiger partial charge >= 0.3 is 0 Å². The molecule has 3 rings (SSSR count). The van der Waals surface area contributed by atoms with Crippen molar-refractivity contribution >= 4 is 5.69 Å². The Bertz CT molecular complexity index is 942. The van der Waals surface area contributed by atoms with Crippen LogP contribution >= 0.6 is 0 Å². The van der Waals surface area contributed by atoms with Crippen LogP contribution < -0.4 is 18.9 Å². The van der Waals surface area contributed by atoms with Gasteiger partial charge in [0.05, 0.1) is 34.6 Å². The van der Waals surface area contributed by atoms with E-state index in [1.165, 1.54) is 28.4 Å². The van der Waals surface area contributed by atoms with Crippen molar-refractivity contribution < 1.29 is 23.5 Å². The molecule has 0 aliphatic heterocycles. The minimum absolute atomic E-state index is 0.187. The Kier molecular flexibility index (Phi) is 5.25. The first-order chi connectivity index (χ1) is 13.2. The second kappa shape index (κ2) is 7.77. The number of nitrogens with zero attached hydrogens (tertiary/aromatic N) is 2. The summed E-state index contributed by atoms with van der Waals surface area (Å²) in [5, 5.41) is 6.91. The molecule has 1 aromatic heterocycles. The Hall–Kier alpha value is -3.55. The van der Waals surface area contributed by atoms with Crippen molar-refractivity contribution in [3.63, 3.8) is 0 Å². The Morgan fingerprint density at radius 3 is 2.07 bits per heavy atom. The van der Waals surface area contributed by atoms with E-state index in [1.807, 2.05) is 0 Å². The van der Waals surface area contributed by atoms with Crippen LogP contribution in [0.1, 0.15) is 0 Å². The highest BCUT2D eigenvalue weighted by Crippen LogP contribution is 2.44. The molecule has 0 aliphatic carbocycles. The van der Waals surface area contributed by atoms with Gasteiger partial charge < -0.3 is 23.5 Å². The number of hydrogen-bond donors (Lipinski definition) is 0. The fourth-order valence-corrected chi connectivity index (χ4v) is 2.79. The number of hydrogen-bond acceptors (Lipinski definition) is 8. The topological polar surface area (TPSA) is 92.4 Å². The molecule has 0 aliphatic rings. The van der Waals surface area contributed by atoms with Crippen LogP contribution in [0.5, 0.6) is 23.0 Å². The molecule has 0 saturated carbocycles. The van der Waals surface area contributed by atoms with Crippen LogP contribution in [0.25, 0.3) is 22.5 Å². The van der Waals surface area contributed by atoms with Gasteiger partial charge in [-0.2, -0.15) is 0 Å². The second-order valence-corrected chi connectivity index (χ2v) is 5.46. The quantitative estimate of drug-likeness (QED) is 0.568. The third-order valence-corrected chi connectivity index (χ3v) is 4.09. The monoisotopic (exact) mass is 370 g/mol. The number of rotatable bonds is 7. The predicted octanol–water partition coefficient (Wildman–Crippen LogP) is 4.44. The first-order valence-corrected chi connectivity index (χ1v) is 7.93. The van der Waals surface area contributed by atoms with Gasteiger partial charge in [-0.1, -0.05) is 11.2 Å². The molecule has 8 nitrogen and oxygen atoms in total. The van der Waals surface area contributed by atoms with Gasteiger partial charge in [-0.25, -0.2) is 0 Å². The fraction of sp³-hybridized carbons (Fsp3) is 0.211. The van der Waals surface area contributed by atoms with Crippen LogP contribution in [0.2, 0.25) is 0 Å². The van der Waals surface area contributed by atoms with Crippen molar-refractivity contribution in [3.05, 3.63) is 41.4 Å². The molecule has 8 heteroatoms. The number of methoxy groups -OCH3 is 4. The summed E-state index contributed by atoms with van der Waals surface area (Å²) in [6, 6.07) is 8.58. The normalized spacial score (nSPS) is 10.4. The van der Waals surface area contributed by atoms with Gasteiger partial charge in [0, 0.05) is 11.1 Å². The van der Waals surface area contributed by atoms with Crippen molar-refractivity contribution in [1.29, 1.82) is 0 Å². The summed E-state index contributed by atoms with van der Waals surface area (Å²) in [5.41, 5.74) is 2.24. The number of benzene rings is 2. The summed E-state index contributed by atoms with van der Waals surface area (Å²) >= 11 is 0. The third-order valence-electron chi connectivity index (χ3n) is 4.09. The molecule has 3 aromatic rings. The maximum atomic E-state index is 11.1. The molecule has 2 aromatic carbocycles. The molecule has 0 saturated heterocycles. The molecule has 0 amide bonds. The van der Waals surface area contributed by atoms with E-state index in [0.29, 0.717) is 45.4 Å². The first-order valence-electron chi connectivity index (χ1n) is 7.93. The van der Waals surface area contributed by atoms with Crippen molar-refractivity contribution in [2.45, 2.75) is 0 Å². The molecular formula is C19H18N2O6. The van der Waals surface area contributed by atoms with Crippen molar-refractivity contribution in [2.75, 3.05) is 28.4 Å². The zero-order chi connectivity index (χ0) is 19.4. The van der Waals surface area contributed by atoms with Gasteiger partial charge in [-0.3, -0.25) is 0 Å². The van der Waals surface area contributed by atoms with E-state index in [0.717, 1.165) is 0 Å². The van der Waals surface area contributed by atoms with Crippen LogP contribution in [-0.2, 0) is 0 Å². The van der Waals surface area contributed by atoms with E-state index < -0.39 is 0 Å². The Morgan fingerprint density at radius 1 is 0.852 bits per heavy atom. The molecule has 1 heterocycles. The van der Waals surface area contributed by atoms with Crippen molar-refractivity contribution in [3.8, 4) is 45.4 Å². The van der Waals surface area contributed by atoms with Crippen LogP contribution in [0.3, 0.4) is 0 Å². The Labute approximate surface area is 155 Å². The lowest BCUT2D eigenvalue weighted by atomic mass is 10.0. The fourth-order valence-electron chi connectivity index (χ4n) is 2.79. The highest BCUT2D eigenvalue weighted by Gasteiger charge is 2.20. The minimum Gasteiger partial charge on any atom is -0.494 e. The SMILES string of the molecule is COc1ccc(-c2cnoc2-c2cc(OC)c(OC)c(OC)c2)cc1N=O. The molecule has 140 valence electrons. The maximum absolute atomic E-state index is 11.1. The lowest BCUT2D eigenvalue weighted by Crippen LogP contribution is -1.95. The number of aromatic nitrogens is 1. The van der Waals surface area contributed by atoms with Crippen LogP contribution in [0.15, 0.2) is 46.2 Å². The number of ether oxygens (including phenoxy) is 4. The summed E-state index contributed by atoms with van der Waals surface area (Å²) in [4.78, 5) is 11.1. The van der Waals surface area contributed by atoms with Gasteiger partial charge in [0.1, 0.15) is 11.4 Å². The molecule has 0 fully saturated rings. The molecule has 27 heavy (non-hydrogen) atoms. The second-order valence-electron chi connectivity index (χ2n) is 5.46. The number of nitroso groups, excluding NO2 is 1.